The lowest BCUT2D eigenvalue weighted by Gasteiger charge is -2.42. The molecule has 0 aromatic carbocycles. The molecule has 2 aliphatic heterocycles. The van der Waals surface area contributed by atoms with E-state index < -0.39 is 0 Å². The van der Waals surface area contributed by atoms with Crippen molar-refractivity contribution >= 4 is 5.91 Å². The van der Waals surface area contributed by atoms with Gasteiger partial charge in [-0.05, 0) is 70.8 Å². The van der Waals surface area contributed by atoms with Gasteiger partial charge in [0.25, 0.3) is 0 Å². The van der Waals surface area contributed by atoms with E-state index in [1.807, 2.05) is 23.4 Å². The van der Waals surface area contributed by atoms with Crippen LogP contribution < -0.4 is 0 Å². The molecule has 0 spiro atoms. The number of aromatic nitrogens is 1. The molecular formula is C21H34N4O. The first-order valence-corrected chi connectivity index (χ1v) is 10.3. The molecule has 2 aliphatic rings. The van der Waals surface area contributed by atoms with Gasteiger partial charge >= 0.3 is 0 Å². The molecule has 0 bridgehead atoms. The van der Waals surface area contributed by atoms with Crippen molar-refractivity contribution < 1.29 is 4.79 Å². The molecule has 1 amide bonds. The van der Waals surface area contributed by atoms with E-state index in [9.17, 15) is 4.79 Å². The summed E-state index contributed by atoms with van der Waals surface area (Å²) < 4.78 is 0. The largest absolute Gasteiger partial charge is 0.343 e. The Labute approximate surface area is 158 Å². The summed E-state index contributed by atoms with van der Waals surface area (Å²) in [6.45, 7) is 11.2. The third-order valence-corrected chi connectivity index (χ3v) is 6.08. The highest BCUT2D eigenvalue weighted by Gasteiger charge is 2.32. The second kappa shape index (κ2) is 9.47. The van der Waals surface area contributed by atoms with Crippen molar-refractivity contribution in [2.45, 2.75) is 52.1 Å². The fourth-order valence-electron chi connectivity index (χ4n) is 4.53. The lowest BCUT2D eigenvalue weighted by Crippen LogP contribution is -2.51. The van der Waals surface area contributed by atoms with Gasteiger partial charge in [0.2, 0.25) is 5.91 Å². The number of piperidine rings is 2. The summed E-state index contributed by atoms with van der Waals surface area (Å²) >= 11 is 0. The quantitative estimate of drug-likeness (QED) is 0.784. The molecule has 144 valence electrons. The highest BCUT2D eigenvalue weighted by molar-refractivity contribution is 5.79. The van der Waals surface area contributed by atoms with E-state index >= 15 is 0 Å². The van der Waals surface area contributed by atoms with Gasteiger partial charge in [-0.15, -0.1) is 0 Å². The maximum absolute atomic E-state index is 12.7. The fraction of sp³-hybridized carbons (Fsp3) is 0.714. The maximum Gasteiger partial charge on any atom is 0.226 e. The number of likely N-dealkylation sites (tertiary alicyclic amines) is 2. The van der Waals surface area contributed by atoms with Crippen LogP contribution in [0.2, 0.25) is 0 Å². The molecule has 2 fully saturated rings. The lowest BCUT2D eigenvalue weighted by atomic mass is 9.92. The van der Waals surface area contributed by atoms with Crippen molar-refractivity contribution in [1.82, 2.24) is 19.7 Å². The van der Waals surface area contributed by atoms with E-state index in [-0.39, 0.29) is 5.92 Å². The lowest BCUT2D eigenvalue weighted by molar-refractivity contribution is -0.137. The van der Waals surface area contributed by atoms with Crippen molar-refractivity contribution in [3.63, 3.8) is 0 Å². The number of amides is 1. The van der Waals surface area contributed by atoms with E-state index in [1.54, 1.807) is 0 Å². The third-order valence-electron chi connectivity index (χ3n) is 6.08. The number of rotatable bonds is 6. The van der Waals surface area contributed by atoms with Gasteiger partial charge < -0.3 is 4.90 Å². The normalized spacial score (nSPS) is 23.1. The van der Waals surface area contributed by atoms with E-state index in [2.05, 4.69) is 34.7 Å². The molecular weight excluding hydrogens is 324 g/mol. The predicted octanol–water partition coefficient (Wildman–Crippen LogP) is 2.63. The Kier molecular flexibility index (Phi) is 7.03. The van der Waals surface area contributed by atoms with E-state index in [1.165, 1.54) is 18.4 Å². The first kappa shape index (κ1) is 19.3. The van der Waals surface area contributed by atoms with Gasteiger partial charge in [-0.1, -0.05) is 6.07 Å². The second-order valence-electron chi connectivity index (χ2n) is 7.71. The van der Waals surface area contributed by atoms with Gasteiger partial charge in [-0.25, -0.2) is 0 Å². The van der Waals surface area contributed by atoms with Crippen molar-refractivity contribution in [2.75, 3.05) is 39.3 Å². The van der Waals surface area contributed by atoms with Crippen molar-refractivity contribution in [1.29, 1.82) is 0 Å². The summed E-state index contributed by atoms with van der Waals surface area (Å²) in [6.07, 6.45) is 8.46. The minimum atomic E-state index is 0.206. The molecule has 2 saturated heterocycles. The molecule has 1 aromatic rings. The number of hydrogen-bond acceptors (Lipinski definition) is 4. The third kappa shape index (κ3) is 4.83. The zero-order valence-corrected chi connectivity index (χ0v) is 16.4. The summed E-state index contributed by atoms with van der Waals surface area (Å²) in [4.78, 5) is 24.1. The Bertz CT molecular complexity index is 552. The standard InChI is InChI=1S/C21H34N4O/c1-3-24(4-2)21(26)19-8-6-12-25(17-19)20-9-13-23(14-10-20)16-18-7-5-11-22-15-18/h5,7,11,15,19-20H,3-4,6,8-10,12-14,16-17H2,1-2H3/t19-/m0/s1. The van der Waals surface area contributed by atoms with Crippen LogP contribution in [0, 0.1) is 5.92 Å². The average molecular weight is 359 g/mol. The molecule has 5 heteroatoms. The Morgan fingerprint density at radius 3 is 2.62 bits per heavy atom. The Morgan fingerprint density at radius 2 is 1.96 bits per heavy atom. The number of nitrogens with zero attached hydrogens (tertiary/aromatic N) is 4. The molecule has 0 aliphatic carbocycles. The fourth-order valence-corrected chi connectivity index (χ4v) is 4.53. The Hall–Kier alpha value is -1.46. The highest BCUT2D eigenvalue weighted by Crippen LogP contribution is 2.25. The molecule has 5 nitrogen and oxygen atoms in total. The van der Waals surface area contributed by atoms with Crippen LogP contribution >= 0.6 is 0 Å². The number of carbonyl (C=O) groups excluding carboxylic acids is 1. The first-order chi connectivity index (χ1) is 12.7. The van der Waals surface area contributed by atoms with Gasteiger partial charge in [0.05, 0.1) is 5.92 Å². The summed E-state index contributed by atoms with van der Waals surface area (Å²) in [5.74, 6) is 0.575. The van der Waals surface area contributed by atoms with E-state index in [0.717, 1.165) is 58.7 Å². The number of pyridine rings is 1. The molecule has 1 atom stereocenters. The Balaban J connectivity index is 1.48. The number of carbonyl (C=O) groups is 1. The van der Waals surface area contributed by atoms with Crippen LogP contribution in [0.4, 0.5) is 0 Å². The summed E-state index contributed by atoms with van der Waals surface area (Å²) in [7, 11) is 0. The van der Waals surface area contributed by atoms with Crippen molar-refractivity contribution in [2.24, 2.45) is 5.92 Å². The molecule has 3 rings (SSSR count). The number of hydrogen-bond donors (Lipinski definition) is 0. The minimum absolute atomic E-state index is 0.206. The molecule has 1 aromatic heterocycles. The summed E-state index contributed by atoms with van der Waals surface area (Å²) in [5.41, 5.74) is 1.30. The monoisotopic (exact) mass is 358 g/mol. The molecule has 0 unspecified atom stereocenters. The smallest absolute Gasteiger partial charge is 0.226 e. The van der Waals surface area contributed by atoms with Gasteiger partial charge in [0.15, 0.2) is 0 Å². The van der Waals surface area contributed by atoms with Crippen LogP contribution in [0.5, 0.6) is 0 Å². The van der Waals surface area contributed by atoms with Crippen LogP contribution in [0.1, 0.15) is 45.1 Å². The molecule has 3 heterocycles. The van der Waals surface area contributed by atoms with Gasteiger partial charge in [0.1, 0.15) is 0 Å². The highest BCUT2D eigenvalue weighted by atomic mass is 16.2. The molecule has 0 N–H and O–H groups in total. The zero-order chi connectivity index (χ0) is 18.4. The Morgan fingerprint density at radius 1 is 1.19 bits per heavy atom. The van der Waals surface area contributed by atoms with Crippen molar-refractivity contribution in [3.8, 4) is 0 Å². The van der Waals surface area contributed by atoms with Crippen LogP contribution in [-0.2, 0) is 11.3 Å². The summed E-state index contributed by atoms with van der Waals surface area (Å²) in [5, 5.41) is 0. The minimum Gasteiger partial charge on any atom is -0.343 e. The van der Waals surface area contributed by atoms with Gasteiger partial charge in [-0.3, -0.25) is 19.6 Å². The SMILES string of the molecule is CCN(CC)C(=O)[C@H]1CCCN(C2CCN(Cc3cccnc3)CC2)C1. The topological polar surface area (TPSA) is 39.7 Å². The van der Waals surface area contributed by atoms with Gasteiger partial charge in [0, 0.05) is 44.6 Å². The van der Waals surface area contributed by atoms with Crippen LogP contribution in [0.15, 0.2) is 24.5 Å². The maximum atomic E-state index is 12.7. The molecule has 0 radical (unpaired) electrons. The van der Waals surface area contributed by atoms with E-state index in [0.29, 0.717) is 11.9 Å². The average Bonchev–Trinajstić information content (AvgIpc) is 2.70. The van der Waals surface area contributed by atoms with Crippen LogP contribution in [-0.4, -0.2) is 70.9 Å². The van der Waals surface area contributed by atoms with E-state index in [4.69, 9.17) is 0 Å². The predicted molar refractivity (Wildman–Crippen MR) is 105 cm³/mol. The van der Waals surface area contributed by atoms with Gasteiger partial charge in [-0.2, -0.15) is 0 Å². The summed E-state index contributed by atoms with van der Waals surface area (Å²) in [6, 6.07) is 4.82. The molecule has 0 saturated carbocycles. The first-order valence-electron chi connectivity index (χ1n) is 10.3. The molecule has 26 heavy (non-hydrogen) atoms. The zero-order valence-electron chi connectivity index (χ0n) is 16.4. The second-order valence-corrected chi connectivity index (χ2v) is 7.71. The van der Waals surface area contributed by atoms with Crippen LogP contribution in [0.3, 0.4) is 0 Å². The van der Waals surface area contributed by atoms with Crippen molar-refractivity contribution in [3.05, 3.63) is 30.1 Å². The van der Waals surface area contributed by atoms with Crippen LogP contribution in [0.25, 0.3) is 0 Å².